The van der Waals surface area contributed by atoms with Crippen LogP contribution in [0.25, 0.3) is 0 Å². The number of hydrogen-bond acceptors (Lipinski definition) is 5. The number of carbonyl (C=O) groups excluding carboxylic acids is 1. The van der Waals surface area contributed by atoms with Crippen LogP contribution in [0.5, 0.6) is 11.5 Å². The molecule has 0 saturated heterocycles. The Balaban J connectivity index is 1.62. The molecule has 2 aliphatic rings. The van der Waals surface area contributed by atoms with Crippen molar-refractivity contribution in [1.29, 1.82) is 0 Å². The molecule has 3 heterocycles. The molecule has 1 atom stereocenters. The molecule has 0 saturated carbocycles. The molecule has 7 heteroatoms. The van der Waals surface area contributed by atoms with Gasteiger partial charge in [0.1, 0.15) is 0 Å². The van der Waals surface area contributed by atoms with Gasteiger partial charge in [0.15, 0.2) is 11.5 Å². The first-order valence-electron chi connectivity index (χ1n) is 7.86. The van der Waals surface area contributed by atoms with Crippen LogP contribution < -0.4 is 9.47 Å². The Labute approximate surface area is 139 Å². The minimum atomic E-state index is -0.0266. The highest BCUT2D eigenvalue weighted by Gasteiger charge is 2.31. The molecule has 1 aromatic heterocycles. The van der Waals surface area contributed by atoms with Crippen LogP contribution >= 0.6 is 0 Å². The van der Waals surface area contributed by atoms with E-state index in [2.05, 4.69) is 5.10 Å². The number of ether oxygens (including phenoxy) is 3. The maximum absolute atomic E-state index is 13.0. The maximum atomic E-state index is 13.0. The second kappa shape index (κ2) is 5.83. The summed E-state index contributed by atoms with van der Waals surface area (Å²) in [6, 6.07) is 5.30. The summed E-state index contributed by atoms with van der Waals surface area (Å²) in [4.78, 5) is 14.8. The number of aromatic nitrogens is 2. The first kappa shape index (κ1) is 15.0. The maximum Gasteiger partial charge on any atom is 0.254 e. The third kappa shape index (κ3) is 2.41. The highest BCUT2D eigenvalue weighted by Crippen LogP contribution is 2.34. The number of hydrogen-bond donors (Lipinski definition) is 0. The van der Waals surface area contributed by atoms with Crippen LogP contribution in [0.2, 0.25) is 0 Å². The van der Waals surface area contributed by atoms with Crippen molar-refractivity contribution in [2.24, 2.45) is 7.05 Å². The van der Waals surface area contributed by atoms with Gasteiger partial charge in [-0.15, -0.1) is 0 Å². The van der Waals surface area contributed by atoms with Crippen molar-refractivity contribution in [2.75, 3.05) is 27.1 Å². The summed E-state index contributed by atoms with van der Waals surface area (Å²) in [5.41, 5.74) is 2.81. The van der Waals surface area contributed by atoms with Crippen molar-refractivity contribution >= 4 is 5.91 Å². The molecule has 2 aliphatic heterocycles. The van der Waals surface area contributed by atoms with Crippen LogP contribution in [0, 0.1) is 0 Å². The van der Waals surface area contributed by atoms with Gasteiger partial charge in [0, 0.05) is 37.7 Å². The van der Waals surface area contributed by atoms with Crippen molar-refractivity contribution in [2.45, 2.75) is 12.5 Å². The van der Waals surface area contributed by atoms with Crippen LogP contribution in [-0.2, 0) is 18.3 Å². The number of aryl methyl sites for hydroxylation is 1. The summed E-state index contributed by atoms with van der Waals surface area (Å²) >= 11 is 0. The van der Waals surface area contributed by atoms with E-state index in [9.17, 15) is 4.79 Å². The lowest BCUT2D eigenvalue weighted by Crippen LogP contribution is -2.39. The largest absolute Gasteiger partial charge is 0.454 e. The second-order valence-electron chi connectivity index (χ2n) is 6.08. The lowest BCUT2D eigenvalue weighted by Gasteiger charge is -2.32. The van der Waals surface area contributed by atoms with E-state index in [4.69, 9.17) is 14.2 Å². The van der Waals surface area contributed by atoms with E-state index < -0.39 is 0 Å². The summed E-state index contributed by atoms with van der Waals surface area (Å²) in [6.07, 6.45) is 1.88. The fourth-order valence-electron chi connectivity index (χ4n) is 3.33. The Kier molecular flexibility index (Phi) is 3.65. The zero-order valence-electron chi connectivity index (χ0n) is 13.7. The molecule has 0 fully saturated rings. The van der Waals surface area contributed by atoms with E-state index in [-0.39, 0.29) is 18.6 Å². The number of methoxy groups -OCH3 is 1. The average Bonchev–Trinajstić information content (AvgIpc) is 3.21. The molecule has 2 aromatic rings. The monoisotopic (exact) mass is 329 g/mol. The Hall–Kier alpha value is -2.54. The van der Waals surface area contributed by atoms with Gasteiger partial charge in [-0.1, -0.05) is 0 Å². The second-order valence-corrected chi connectivity index (χ2v) is 6.08. The first-order valence-corrected chi connectivity index (χ1v) is 7.86. The molecule has 1 unspecified atom stereocenters. The van der Waals surface area contributed by atoms with Gasteiger partial charge in [-0.25, -0.2) is 0 Å². The molecular formula is C17H19N3O4. The Morgan fingerprint density at radius 1 is 1.38 bits per heavy atom. The minimum Gasteiger partial charge on any atom is -0.454 e. The first-order chi connectivity index (χ1) is 11.7. The number of fused-ring (bicyclic) bond motifs is 2. The molecule has 0 radical (unpaired) electrons. The van der Waals surface area contributed by atoms with E-state index >= 15 is 0 Å². The fourth-order valence-corrected chi connectivity index (χ4v) is 3.33. The van der Waals surface area contributed by atoms with Crippen LogP contribution in [0.15, 0.2) is 24.4 Å². The minimum absolute atomic E-state index is 0.0266. The molecule has 1 amide bonds. The fraction of sp³-hybridized carbons (Fsp3) is 0.412. The molecule has 0 spiro atoms. The number of amides is 1. The van der Waals surface area contributed by atoms with Crippen molar-refractivity contribution in [3.8, 4) is 11.5 Å². The molecular weight excluding hydrogens is 310 g/mol. The highest BCUT2D eigenvalue weighted by molar-refractivity contribution is 5.95. The van der Waals surface area contributed by atoms with E-state index in [0.717, 1.165) is 11.3 Å². The standard InChI is InChI=1S/C17H19N3O4/c1-19-14-8-20(7-12(9-22-2)13(14)6-18-19)17(21)11-3-4-15-16(5-11)24-10-23-15/h3-6,12H,7-10H2,1-2H3. The highest BCUT2D eigenvalue weighted by atomic mass is 16.7. The van der Waals surface area contributed by atoms with E-state index in [1.54, 1.807) is 25.3 Å². The number of rotatable bonds is 3. The number of benzene rings is 1. The van der Waals surface area contributed by atoms with Gasteiger partial charge in [0.25, 0.3) is 5.91 Å². The van der Waals surface area contributed by atoms with Crippen molar-refractivity contribution < 1.29 is 19.0 Å². The predicted molar refractivity (Wildman–Crippen MR) is 85.1 cm³/mol. The van der Waals surface area contributed by atoms with Gasteiger partial charge in [0.2, 0.25) is 6.79 Å². The summed E-state index contributed by atoms with van der Waals surface area (Å²) in [6.45, 7) is 1.91. The molecule has 4 rings (SSSR count). The number of carbonyl (C=O) groups is 1. The zero-order valence-corrected chi connectivity index (χ0v) is 13.7. The van der Waals surface area contributed by atoms with Crippen molar-refractivity contribution in [3.63, 3.8) is 0 Å². The molecule has 7 nitrogen and oxygen atoms in total. The van der Waals surface area contributed by atoms with Gasteiger partial charge in [0.05, 0.1) is 25.0 Å². The van der Waals surface area contributed by atoms with Crippen molar-refractivity contribution in [3.05, 3.63) is 41.2 Å². The topological polar surface area (TPSA) is 65.8 Å². The smallest absolute Gasteiger partial charge is 0.254 e. The van der Waals surface area contributed by atoms with E-state index in [1.807, 2.05) is 22.8 Å². The van der Waals surface area contributed by atoms with Crippen molar-refractivity contribution in [1.82, 2.24) is 14.7 Å². The molecule has 0 bridgehead atoms. The van der Waals surface area contributed by atoms with Crippen LogP contribution in [0.4, 0.5) is 0 Å². The average molecular weight is 329 g/mol. The Morgan fingerprint density at radius 2 is 2.21 bits per heavy atom. The molecule has 1 aromatic carbocycles. The van der Waals surface area contributed by atoms with Gasteiger partial charge in [-0.3, -0.25) is 9.48 Å². The molecule has 0 N–H and O–H groups in total. The van der Waals surface area contributed by atoms with Gasteiger partial charge >= 0.3 is 0 Å². The Bertz CT molecular complexity index is 786. The molecule has 126 valence electrons. The molecule has 24 heavy (non-hydrogen) atoms. The lowest BCUT2D eigenvalue weighted by molar-refractivity contribution is 0.0675. The SMILES string of the molecule is COCC1CN(C(=O)c2ccc3c(c2)OCO3)Cc2c1cnn2C. The van der Waals surface area contributed by atoms with Crippen LogP contribution in [-0.4, -0.2) is 47.6 Å². The van der Waals surface area contributed by atoms with Gasteiger partial charge in [-0.05, 0) is 18.2 Å². The van der Waals surface area contributed by atoms with Gasteiger partial charge in [-0.2, -0.15) is 5.10 Å². The summed E-state index contributed by atoms with van der Waals surface area (Å²) in [5.74, 6) is 1.40. The third-order valence-electron chi connectivity index (χ3n) is 4.59. The third-order valence-corrected chi connectivity index (χ3v) is 4.59. The number of nitrogens with zero attached hydrogens (tertiary/aromatic N) is 3. The zero-order chi connectivity index (χ0) is 16.7. The summed E-state index contributed by atoms with van der Waals surface area (Å²) in [5, 5.41) is 4.33. The van der Waals surface area contributed by atoms with Crippen LogP contribution in [0.1, 0.15) is 27.5 Å². The summed E-state index contributed by atoms with van der Waals surface area (Å²) in [7, 11) is 3.58. The van der Waals surface area contributed by atoms with Gasteiger partial charge < -0.3 is 19.1 Å². The van der Waals surface area contributed by atoms with E-state index in [0.29, 0.717) is 36.8 Å². The summed E-state index contributed by atoms with van der Waals surface area (Å²) < 4.78 is 17.8. The molecule has 0 aliphatic carbocycles. The predicted octanol–water partition coefficient (Wildman–Crippen LogP) is 1.53. The Morgan fingerprint density at radius 3 is 3.04 bits per heavy atom. The van der Waals surface area contributed by atoms with E-state index in [1.165, 1.54) is 0 Å². The lowest BCUT2D eigenvalue weighted by atomic mass is 9.95. The van der Waals surface area contributed by atoms with Crippen LogP contribution in [0.3, 0.4) is 0 Å². The normalized spacial score (nSPS) is 18.6. The quantitative estimate of drug-likeness (QED) is 0.854.